The summed E-state index contributed by atoms with van der Waals surface area (Å²) in [6.45, 7) is 16.9. The van der Waals surface area contributed by atoms with Crippen LogP contribution in [-0.4, -0.2) is 0 Å². The minimum Gasteiger partial charge on any atom is -0.0625 e. The molecule has 0 spiro atoms. The lowest BCUT2D eigenvalue weighted by molar-refractivity contribution is 0.159. The molecule has 14 heavy (non-hydrogen) atoms. The van der Waals surface area contributed by atoms with Gasteiger partial charge in [-0.1, -0.05) is 48.5 Å². The van der Waals surface area contributed by atoms with Crippen LogP contribution in [0.1, 0.15) is 54.9 Å². The molecule has 1 saturated carbocycles. The Labute approximate surface area is 90.5 Å². The van der Waals surface area contributed by atoms with Gasteiger partial charge in [-0.15, -0.1) is 0 Å². The summed E-state index contributed by atoms with van der Waals surface area (Å²) in [7, 11) is 0. The minimum absolute atomic E-state index is 0.497. The number of rotatable bonds is 1. The molecular weight excluding hydrogens is 168 g/mol. The van der Waals surface area contributed by atoms with Gasteiger partial charge in [0.05, 0.1) is 0 Å². The molecule has 4 unspecified atom stereocenters. The Morgan fingerprint density at radius 2 is 1.57 bits per heavy atom. The maximum Gasteiger partial charge on any atom is -0.0334 e. The average molecular weight is 196 g/mol. The van der Waals surface area contributed by atoms with E-state index in [0.29, 0.717) is 5.41 Å². The Morgan fingerprint density at radius 3 is 1.79 bits per heavy atom. The molecule has 0 aromatic heterocycles. The normalized spacial score (nSPS) is 39.4. The third kappa shape index (κ3) is 2.15. The Balaban J connectivity index is 2.79. The Hall–Kier alpha value is 0. The molecule has 0 N–H and O–H groups in total. The van der Waals surface area contributed by atoms with Gasteiger partial charge in [-0.25, -0.2) is 0 Å². The van der Waals surface area contributed by atoms with E-state index < -0.39 is 0 Å². The predicted octanol–water partition coefficient (Wildman–Crippen LogP) is 4.60. The molecule has 0 aliphatic heterocycles. The lowest BCUT2D eigenvalue weighted by atomic mass is 9.72. The highest BCUT2D eigenvalue weighted by molar-refractivity contribution is 4.93. The molecule has 1 aliphatic carbocycles. The summed E-state index contributed by atoms with van der Waals surface area (Å²) in [4.78, 5) is 0. The van der Waals surface area contributed by atoms with E-state index in [9.17, 15) is 0 Å². The van der Waals surface area contributed by atoms with E-state index in [1.54, 1.807) is 0 Å². The summed E-state index contributed by atoms with van der Waals surface area (Å²) in [5.41, 5.74) is 0.497. The van der Waals surface area contributed by atoms with Gasteiger partial charge in [-0.3, -0.25) is 0 Å². The third-order valence-corrected chi connectivity index (χ3v) is 4.41. The molecule has 0 aromatic carbocycles. The molecule has 1 rings (SSSR count). The highest BCUT2D eigenvalue weighted by Gasteiger charge is 2.44. The monoisotopic (exact) mass is 196 g/mol. The summed E-state index contributed by atoms with van der Waals surface area (Å²) in [5.74, 6) is 4.55. The van der Waals surface area contributed by atoms with Gasteiger partial charge in [0.2, 0.25) is 0 Å². The summed E-state index contributed by atoms with van der Waals surface area (Å²) in [6.07, 6.45) is 1.44. The van der Waals surface area contributed by atoms with E-state index in [0.717, 1.165) is 29.6 Å². The van der Waals surface area contributed by atoms with Gasteiger partial charge in [0.25, 0.3) is 0 Å². The van der Waals surface area contributed by atoms with Gasteiger partial charge in [-0.2, -0.15) is 0 Å². The van der Waals surface area contributed by atoms with Crippen molar-refractivity contribution < 1.29 is 0 Å². The van der Waals surface area contributed by atoms with E-state index >= 15 is 0 Å². The summed E-state index contributed by atoms with van der Waals surface area (Å²) >= 11 is 0. The first-order valence-corrected chi connectivity index (χ1v) is 6.25. The van der Waals surface area contributed by atoms with Crippen molar-refractivity contribution in [2.45, 2.75) is 54.9 Å². The lowest BCUT2D eigenvalue weighted by Gasteiger charge is -2.33. The van der Waals surface area contributed by atoms with E-state index in [-0.39, 0.29) is 0 Å². The molecule has 0 aromatic rings. The van der Waals surface area contributed by atoms with Gasteiger partial charge in [0, 0.05) is 0 Å². The lowest BCUT2D eigenvalue weighted by Crippen LogP contribution is -2.26. The molecule has 4 atom stereocenters. The topological polar surface area (TPSA) is 0 Å². The van der Waals surface area contributed by atoms with Gasteiger partial charge >= 0.3 is 0 Å². The van der Waals surface area contributed by atoms with Crippen LogP contribution in [0.15, 0.2) is 0 Å². The molecule has 1 aliphatic rings. The second kappa shape index (κ2) is 3.87. The van der Waals surface area contributed by atoms with Crippen LogP contribution in [-0.2, 0) is 0 Å². The zero-order valence-corrected chi connectivity index (χ0v) is 11.1. The van der Waals surface area contributed by atoms with Crippen molar-refractivity contribution in [1.29, 1.82) is 0 Å². The second-order valence-electron chi connectivity index (χ2n) is 6.87. The van der Waals surface area contributed by atoms with Crippen LogP contribution in [0.5, 0.6) is 0 Å². The van der Waals surface area contributed by atoms with Crippen LogP contribution in [0, 0.1) is 35.0 Å². The quantitative estimate of drug-likeness (QED) is 0.575. The van der Waals surface area contributed by atoms with Crippen molar-refractivity contribution in [2.75, 3.05) is 0 Å². The fourth-order valence-corrected chi connectivity index (χ4v) is 3.97. The van der Waals surface area contributed by atoms with Gasteiger partial charge in [0.15, 0.2) is 0 Å². The van der Waals surface area contributed by atoms with E-state index in [1.165, 1.54) is 6.42 Å². The Bertz CT molecular complexity index is 185. The summed E-state index contributed by atoms with van der Waals surface area (Å²) < 4.78 is 0. The fraction of sp³-hybridized carbons (Fsp3) is 1.00. The first-order chi connectivity index (χ1) is 6.25. The van der Waals surface area contributed by atoms with Crippen LogP contribution >= 0.6 is 0 Å². The highest BCUT2D eigenvalue weighted by Crippen LogP contribution is 2.51. The van der Waals surface area contributed by atoms with Crippen LogP contribution < -0.4 is 0 Å². The van der Waals surface area contributed by atoms with Crippen molar-refractivity contribution in [3.05, 3.63) is 0 Å². The highest BCUT2D eigenvalue weighted by atomic mass is 14.5. The van der Waals surface area contributed by atoms with Crippen LogP contribution in [0.25, 0.3) is 0 Å². The number of hydrogen-bond acceptors (Lipinski definition) is 0. The van der Waals surface area contributed by atoms with Crippen molar-refractivity contribution >= 4 is 0 Å². The zero-order chi connectivity index (χ0) is 11.1. The van der Waals surface area contributed by atoms with Crippen molar-refractivity contribution in [3.63, 3.8) is 0 Å². The van der Waals surface area contributed by atoms with Crippen molar-refractivity contribution in [2.24, 2.45) is 35.0 Å². The SMILES string of the molecule is CC(C)C1C(C)CC(C(C)(C)C)C1C. The van der Waals surface area contributed by atoms with Crippen molar-refractivity contribution in [3.8, 4) is 0 Å². The summed E-state index contributed by atoms with van der Waals surface area (Å²) in [6, 6.07) is 0. The van der Waals surface area contributed by atoms with E-state index in [1.807, 2.05) is 0 Å². The minimum atomic E-state index is 0.497. The molecule has 0 heterocycles. The smallest absolute Gasteiger partial charge is 0.0334 e. The van der Waals surface area contributed by atoms with Gasteiger partial charge < -0.3 is 0 Å². The van der Waals surface area contributed by atoms with Crippen molar-refractivity contribution in [1.82, 2.24) is 0 Å². The Morgan fingerprint density at radius 1 is 1.07 bits per heavy atom. The van der Waals surface area contributed by atoms with Gasteiger partial charge in [-0.05, 0) is 41.4 Å². The molecule has 0 nitrogen and oxygen atoms in total. The molecule has 1 fully saturated rings. The third-order valence-electron chi connectivity index (χ3n) is 4.41. The van der Waals surface area contributed by atoms with Crippen LogP contribution in [0.3, 0.4) is 0 Å². The fourth-order valence-electron chi connectivity index (χ4n) is 3.97. The Kier molecular flexibility index (Phi) is 3.33. The molecule has 0 amide bonds. The molecule has 0 bridgehead atoms. The maximum atomic E-state index is 2.48. The standard InChI is InChI=1S/C14H28/c1-9(2)13-10(3)8-12(11(13)4)14(5,6)7/h9-13H,8H2,1-7H3. The summed E-state index contributed by atoms with van der Waals surface area (Å²) in [5, 5.41) is 0. The van der Waals surface area contributed by atoms with E-state index in [4.69, 9.17) is 0 Å². The molecule has 84 valence electrons. The average Bonchev–Trinajstić information content (AvgIpc) is 2.24. The maximum absolute atomic E-state index is 2.48. The molecule has 0 heteroatoms. The predicted molar refractivity (Wildman–Crippen MR) is 64.2 cm³/mol. The largest absolute Gasteiger partial charge is 0.0625 e. The van der Waals surface area contributed by atoms with Crippen LogP contribution in [0.4, 0.5) is 0 Å². The van der Waals surface area contributed by atoms with Gasteiger partial charge in [0.1, 0.15) is 0 Å². The molecular formula is C14H28. The van der Waals surface area contributed by atoms with E-state index in [2.05, 4.69) is 48.5 Å². The second-order valence-corrected chi connectivity index (χ2v) is 6.87. The zero-order valence-electron chi connectivity index (χ0n) is 11.1. The molecule has 0 saturated heterocycles. The first kappa shape index (κ1) is 12.1. The number of hydrogen-bond donors (Lipinski definition) is 0. The van der Waals surface area contributed by atoms with Crippen LogP contribution in [0.2, 0.25) is 0 Å². The molecule has 0 radical (unpaired) electrons. The first-order valence-electron chi connectivity index (χ1n) is 6.25.